The molecule has 1 aromatic rings. The highest BCUT2D eigenvalue weighted by molar-refractivity contribution is 5.90. The zero-order valence-electron chi connectivity index (χ0n) is 12.4. The van der Waals surface area contributed by atoms with Crippen LogP contribution in [0.2, 0.25) is 0 Å². The van der Waals surface area contributed by atoms with Crippen molar-refractivity contribution in [2.24, 2.45) is 0 Å². The lowest BCUT2D eigenvalue weighted by molar-refractivity contribution is -0.162. The van der Waals surface area contributed by atoms with E-state index < -0.39 is 24.1 Å². The van der Waals surface area contributed by atoms with Crippen molar-refractivity contribution in [1.29, 1.82) is 0 Å². The van der Waals surface area contributed by atoms with Crippen molar-refractivity contribution >= 4 is 17.6 Å². The van der Waals surface area contributed by atoms with E-state index in [1.807, 2.05) is 6.07 Å². The minimum Gasteiger partial charge on any atom is -0.510 e. The fourth-order valence-corrected chi connectivity index (χ4v) is 2.56. The van der Waals surface area contributed by atoms with Crippen molar-refractivity contribution in [1.82, 2.24) is 0 Å². The van der Waals surface area contributed by atoms with E-state index in [2.05, 4.69) is 5.32 Å². The number of benzene rings is 1. The highest BCUT2D eigenvalue weighted by atomic mass is 16.4. The van der Waals surface area contributed by atoms with Crippen LogP contribution >= 0.6 is 0 Å². The molecule has 124 valence electrons. The molecular weight excluding hydrogens is 302 g/mol. The van der Waals surface area contributed by atoms with E-state index in [0.717, 1.165) is 0 Å². The van der Waals surface area contributed by atoms with E-state index in [1.165, 1.54) is 0 Å². The summed E-state index contributed by atoms with van der Waals surface area (Å²) in [5, 5.41) is 41.3. The van der Waals surface area contributed by atoms with Crippen molar-refractivity contribution in [2.45, 2.75) is 37.4 Å². The van der Waals surface area contributed by atoms with Gasteiger partial charge in [0, 0.05) is 24.9 Å². The lowest BCUT2D eigenvalue weighted by atomic mass is 9.80. The monoisotopic (exact) mass is 321 g/mol. The minimum atomic E-state index is -2.13. The number of aliphatic hydroxyl groups is 3. The Morgan fingerprint density at radius 2 is 1.91 bits per heavy atom. The first kappa shape index (κ1) is 17.0. The van der Waals surface area contributed by atoms with E-state index in [-0.39, 0.29) is 36.5 Å². The van der Waals surface area contributed by atoms with Crippen LogP contribution in [0, 0.1) is 0 Å². The Morgan fingerprint density at radius 3 is 2.52 bits per heavy atom. The zero-order chi connectivity index (χ0) is 17.0. The molecule has 1 aromatic carbocycles. The number of aliphatic hydroxyl groups excluding tert-OH is 2. The summed E-state index contributed by atoms with van der Waals surface area (Å²) in [6.07, 6.45) is -2.19. The minimum absolute atomic E-state index is 0.00327. The number of anilines is 1. The standard InChI is InChI=1S/C16H19NO6/c18-12-9-16(23,15(21)22)8-10(14(12)20)6-7-13(19)17-11-4-2-1-3-5-11/h1-5,12,18,20,23H,6-9H2,(H,17,19)(H,21,22)/t12-,16+/m1/s1. The summed E-state index contributed by atoms with van der Waals surface area (Å²) in [5.74, 6) is -2.13. The first-order chi connectivity index (χ1) is 10.8. The van der Waals surface area contributed by atoms with Crippen LogP contribution < -0.4 is 5.32 Å². The first-order valence-corrected chi connectivity index (χ1v) is 7.21. The highest BCUT2D eigenvalue weighted by Crippen LogP contribution is 2.34. The predicted octanol–water partition coefficient (Wildman–Crippen LogP) is 1.19. The van der Waals surface area contributed by atoms with Crippen LogP contribution in [0.5, 0.6) is 0 Å². The number of hydrogen-bond donors (Lipinski definition) is 5. The molecule has 7 nitrogen and oxygen atoms in total. The van der Waals surface area contributed by atoms with E-state index >= 15 is 0 Å². The fraction of sp³-hybridized carbons (Fsp3) is 0.375. The maximum absolute atomic E-state index is 11.9. The molecule has 0 unspecified atom stereocenters. The lowest BCUT2D eigenvalue weighted by Crippen LogP contribution is -2.45. The topological polar surface area (TPSA) is 127 Å². The zero-order valence-corrected chi connectivity index (χ0v) is 12.4. The first-order valence-electron chi connectivity index (χ1n) is 7.21. The molecule has 1 aliphatic carbocycles. The second kappa shape index (κ2) is 6.80. The lowest BCUT2D eigenvalue weighted by Gasteiger charge is -2.32. The number of para-hydroxylation sites is 1. The molecule has 0 fully saturated rings. The Hall–Kier alpha value is -2.38. The van der Waals surface area contributed by atoms with Gasteiger partial charge in [-0.3, -0.25) is 4.79 Å². The molecule has 7 heteroatoms. The second-order valence-corrected chi connectivity index (χ2v) is 5.64. The van der Waals surface area contributed by atoms with Gasteiger partial charge in [-0.2, -0.15) is 0 Å². The summed E-state index contributed by atoms with van der Waals surface area (Å²) in [4.78, 5) is 23.0. The van der Waals surface area contributed by atoms with Crippen LogP contribution in [0.25, 0.3) is 0 Å². The molecule has 0 spiro atoms. The molecule has 0 aliphatic heterocycles. The third kappa shape index (κ3) is 4.08. The van der Waals surface area contributed by atoms with Crippen molar-refractivity contribution in [3.05, 3.63) is 41.7 Å². The molecule has 23 heavy (non-hydrogen) atoms. The quantitative estimate of drug-likeness (QED) is 0.554. The number of carboxylic acid groups (broad SMARTS) is 1. The van der Waals surface area contributed by atoms with E-state index in [4.69, 9.17) is 5.11 Å². The van der Waals surface area contributed by atoms with Crippen LogP contribution in [-0.2, 0) is 9.59 Å². The summed E-state index contributed by atoms with van der Waals surface area (Å²) >= 11 is 0. The molecule has 5 N–H and O–H groups in total. The number of rotatable bonds is 5. The normalized spacial score (nSPS) is 24.3. The number of hydrogen-bond acceptors (Lipinski definition) is 5. The van der Waals surface area contributed by atoms with Crippen LogP contribution in [0.1, 0.15) is 25.7 Å². The second-order valence-electron chi connectivity index (χ2n) is 5.64. The number of carbonyl (C=O) groups is 2. The van der Waals surface area contributed by atoms with E-state index in [9.17, 15) is 24.9 Å². The molecule has 2 rings (SSSR count). The smallest absolute Gasteiger partial charge is 0.336 e. The number of carboxylic acids is 1. The van der Waals surface area contributed by atoms with Gasteiger partial charge in [-0.25, -0.2) is 4.79 Å². The van der Waals surface area contributed by atoms with Crippen LogP contribution in [-0.4, -0.2) is 44.0 Å². The third-order valence-corrected chi connectivity index (χ3v) is 3.82. The van der Waals surface area contributed by atoms with Gasteiger partial charge >= 0.3 is 5.97 Å². The summed E-state index contributed by atoms with van der Waals surface area (Å²) in [6.45, 7) is 0. The summed E-state index contributed by atoms with van der Waals surface area (Å²) in [6, 6.07) is 8.81. The maximum atomic E-state index is 11.9. The molecular formula is C16H19NO6. The molecule has 1 amide bonds. The summed E-state index contributed by atoms with van der Waals surface area (Å²) in [5.41, 5.74) is -1.32. The van der Waals surface area contributed by atoms with Gasteiger partial charge in [0.05, 0.1) is 0 Å². The van der Waals surface area contributed by atoms with Gasteiger partial charge in [-0.1, -0.05) is 18.2 Å². The molecule has 0 radical (unpaired) electrons. The van der Waals surface area contributed by atoms with Crippen LogP contribution in [0.4, 0.5) is 5.69 Å². The van der Waals surface area contributed by atoms with E-state index in [1.54, 1.807) is 24.3 Å². The number of carbonyl (C=O) groups excluding carboxylic acids is 1. The van der Waals surface area contributed by atoms with Crippen molar-refractivity contribution in [3.63, 3.8) is 0 Å². The SMILES string of the molecule is O=C(CCC1=C(O)[C@H](O)C[C@](O)(C(=O)O)C1)Nc1ccccc1. The molecule has 0 aromatic heterocycles. The number of aliphatic carboxylic acids is 1. The molecule has 0 bridgehead atoms. The Morgan fingerprint density at radius 1 is 1.26 bits per heavy atom. The number of nitrogens with one attached hydrogen (secondary N) is 1. The molecule has 0 saturated heterocycles. The third-order valence-electron chi connectivity index (χ3n) is 3.82. The van der Waals surface area contributed by atoms with Crippen molar-refractivity contribution in [3.8, 4) is 0 Å². The Balaban J connectivity index is 1.99. The van der Waals surface area contributed by atoms with Gasteiger partial charge in [0.15, 0.2) is 5.60 Å². The van der Waals surface area contributed by atoms with Gasteiger partial charge in [-0.15, -0.1) is 0 Å². The average molecular weight is 321 g/mol. The molecule has 1 aliphatic rings. The summed E-state index contributed by atoms with van der Waals surface area (Å²) in [7, 11) is 0. The molecule has 0 saturated carbocycles. The van der Waals surface area contributed by atoms with E-state index in [0.29, 0.717) is 5.69 Å². The van der Waals surface area contributed by atoms with Crippen LogP contribution in [0.15, 0.2) is 41.7 Å². The van der Waals surface area contributed by atoms with Crippen molar-refractivity contribution < 1.29 is 30.0 Å². The highest BCUT2D eigenvalue weighted by Gasteiger charge is 2.44. The van der Waals surface area contributed by atoms with Crippen LogP contribution in [0.3, 0.4) is 0 Å². The number of amides is 1. The Bertz CT molecular complexity index is 627. The average Bonchev–Trinajstić information content (AvgIpc) is 2.50. The molecule has 2 atom stereocenters. The largest absolute Gasteiger partial charge is 0.510 e. The Labute approximate surface area is 132 Å². The molecule has 0 heterocycles. The van der Waals surface area contributed by atoms with Gasteiger partial charge in [0.1, 0.15) is 11.9 Å². The summed E-state index contributed by atoms with van der Waals surface area (Å²) < 4.78 is 0. The van der Waals surface area contributed by atoms with Gasteiger partial charge in [0.2, 0.25) is 5.91 Å². The fourth-order valence-electron chi connectivity index (χ4n) is 2.56. The van der Waals surface area contributed by atoms with Gasteiger partial charge < -0.3 is 25.7 Å². The predicted molar refractivity (Wildman–Crippen MR) is 81.8 cm³/mol. The Kier molecular flexibility index (Phi) is 5.02. The van der Waals surface area contributed by atoms with Gasteiger partial charge in [0.25, 0.3) is 0 Å². The maximum Gasteiger partial charge on any atom is 0.336 e. The van der Waals surface area contributed by atoms with Crippen molar-refractivity contribution in [2.75, 3.05) is 5.32 Å². The van der Waals surface area contributed by atoms with Gasteiger partial charge in [-0.05, 0) is 24.1 Å².